The summed E-state index contributed by atoms with van der Waals surface area (Å²) in [6.07, 6.45) is 6.38. The molecule has 3 rings (SSSR count). The maximum atomic E-state index is 14.0. The lowest BCUT2D eigenvalue weighted by molar-refractivity contribution is 0.277. The van der Waals surface area contributed by atoms with Gasteiger partial charge in [0.15, 0.2) is 0 Å². The lowest BCUT2D eigenvalue weighted by Gasteiger charge is -2.27. The first kappa shape index (κ1) is 13.5. The molecule has 3 N–H and O–H groups in total. The number of rotatable bonds is 4. The summed E-state index contributed by atoms with van der Waals surface area (Å²) in [4.78, 5) is 0. The Hall–Kier alpha value is -0.450. The van der Waals surface area contributed by atoms with Gasteiger partial charge < -0.3 is 0 Å². The molecule has 2 nitrogen and oxygen atoms in total. The Balaban J connectivity index is 1.75. The summed E-state index contributed by atoms with van der Waals surface area (Å²) >= 11 is 3.40. The standard InChI is InChI=1S/C15H20BrFN2/c16-12-3-4-14(17)13(8-12)15(19-18)7-11-6-9-1-2-10(11)5-9/h3-4,8-11,15,19H,1-2,5-7,18H2. The van der Waals surface area contributed by atoms with Crippen molar-refractivity contribution in [3.05, 3.63) is 34.1 Å². The molecule has 2 aliphatic carbocycles. The van der Waals surface area contributed by atoms with E-state index in [9.17, 15) is 4.39 Å². The van der Waals surface area contributed by atoms with Crippen LogP contribution in [0.3, 0.4) is 0 Å². The second-order valence-corrected chi connectivity index (χ2v) is 6.97. The van der Waals surface area contributed by atoms with Gasteiger partial charge in [-0.25, -0.2) is 4.39 Å². The molecule has 0 heterocycles. The lowest BCUT2D eigenvalue weighted by atomic mass is 9.83. The predicted octanol–water partition coefficient (Wildman–Crippen LogP) is 3.92. The maximum Gasteiger partial charge on any atom is 0.128 e. The van der Waals surface area contributed by atoms with E-state index in [1.165, 1.54) is 31.7 Å². The molecule has 4 unspecified atom stereocenters. The summed E-state index contributed by atoms with van der Waals surface area (Å²) in [7, 11) is 0. The van der Waals surface area contributed by atoms with Crippen LogP contribution >= 0.6 is 15.9 Å². The summed E-state index contributed by atoms with van der Waals surface area (Å²) in [6, 6.07) is 4.99. The molecule has 104 valence electrons. The molecule has 0 saturated heterocycles. The van der Waals surface area contributed by atoms with Gasteiger partial charge >= 0.3 is 0 Å². The average molecular weight is 327 g/mol. The van der Waals surface area contributed by atoms with E-state index < -0.39 is 0 Å². The topological polar surface area (TPSA) is 38.0 Å². The van der Waals surface area contributed by atoms with Crippen LogP contribution in [0.4, 0.5) is 4.39 Å². The van der Waals surface area contributed by atoms with E-state index >= 15 is 0 Å². The Labute approximate surface area is 122 Å². The lowest BCUT2D eigenvalue weighted by Crippen LogP contribution is -2.31. The Bertz CT molecular complexity index is 465. The highest BCUT2D eigenvalue weighted by molar-refractivity contribution is 9.10. The number of hydrazine groups is 1. The largest absolute Gasteiger partial charge is 0.271 e. The zero-order chi connectivity index (χ0) is 13.4. The Morgan fingerprint density at radius 3 is 2.84 bits per heavy atom. The third kappa shape index (κ3) is 2.71. The van der Waals surface area contributed by atoms with Gasteiger partial charge in [-0.05, 0) is 61.6 Å². The first-order chi connectivity index (χ1) is 9.17. The van der Waals surface area contributed by atoms with Gasteiger partial charge in [-0.3, -0.25) is 11.3 Å². The highest BCUT2D eigenvalue weighted by Gasteiger charge is 2.40. The number of nitrogens with one attached hydrogen (secondary N) is 1. The van der Waals surface area contributed by atoms with Crippen molar-refractivity contribution in [1.82, 2.24) is 5.43 Å². The molecule has 2 bridgehead atoms. The van der Waals surface area contributed by atoms with Gasteiger partial charge in [0.1, 0.15) is 5.82 Å². The Kier molecular flexibility index (Phi) is 3.92. The summed E-state index contributed by atoms with van der Waals surface area (Å²) in [5.74, 6) is 7.96. The van der Waals surface area contributed by atoms with Gasteiger partial charge in [0.25, 0.3) is 0 Å². The van der Waals surface area contributed by atoms with Crippen LogP contribution in [0.1, 0.15) is 43.7 Å². The van der Waals surface area contributed by atoms with Crippen LogP contribution in [0, 0.1) is 23.6 Å². The SMILES string of the molecule is NNC(CC1CC2CCC1C2)c1cc(Br)ccc1F. The molecule has 1 aromatic rings. The number of hydrogen-bond acceptors (Lipinski definition) is 2. The highest BCUT2D eigenvalue weighted by atomic mass is 79.9. The molecule has 0 spiro atoms. The average Bonchev–Trinajstić information content (AvgIpc) is 3.01. The molecule has 0 aliphatic heterocycles. The monoisotopic (exact) mass is 326 g/mol. The smallest absolute Gasteiger partial charge is 0.128 e. The molecule has 0 radical (unpaired) electrons. The van der Waals surface area contributed by atoms with Crippen molar-refractivity contribution in [2.45, 2.75) is 38.1 Å². The van der Waals surface area contributed by atoms with Gasteiger partial charge in [-0.15, -0.1) is 0 Å². The molecular weight excluding hydrogens is 307 g/mol. The normalized spacial score (nSPS) is 30.8. The van der Waals surface area contributed by atoms with Crippen LogP contribution in [-0.4, -0.2) is 0 Å². The number of hydrogen-bond donors (Lipinski definition) is 2. The number of nitrogens with two attached hydrogens (primary N) is 1. The molecule has 2 saturated carbocycles. The zero-order valence-corrected chi connectivity index (χ0v) is 12.5. The van der Waals surface area contributed by atoms with Gasteiger partial charge in [0, 0.05) is 16.1 Å². The maximum absolute atomic E-state index is 14.0. The molecule has 2 fully saturated rings. The van der Waals surface area contributed by atoms with Crippen molar-refractivity contribution in [3.63, 3.8) is 0 Å². The number of benzene rings is 1. The summed E-state index contributed by atoms with van der Waals surface area (Å²) in [6.45, 7) is 0. The number of halogens is 2. The second-order valence-electron chi connectivity index (χ2n) is 6.06. The zero-order valence-electron chi connectivity index (χ0n) is 10.9. The van der Waals surface area contributed by atoms with E-state index in [1.54, 1.807) is 6.07 Å². The fraction of sp³-hybridized carbons (Fsp3) is 0.600. The fourth-order valence-electron chi connectivity index (χ4n) is 4.03. The van der Waals surface area contributed by atoms with Crippen LogP contribution in [0.15, 0.2) is 22.7 Å². The van der Waals surface area contributed by atoms with Crippen LogP contribution in [-0.2, 0) is 0 Å². The van der Waals surface area contributed by atoms with Gasteiger partial charge in [-0.2, -0.15) is 0 Å². The molecular formula is C15H20BrFN2. The van der Waals surface area contributed by atoms with E-state index in [-0.39, 0.29) is 11.9 Å². The van der Waals surface area contributed by atoms with Crippen molar-refractivity contribution in [1.29, 1.82) is 0 Å². The van der Waals surface area contributed by atoms with E-state index in [0.717, 1.165) is 22.7 Å². The van der Waals surface area contributed by atoms with Crippen LogP contribution in [0.5, 0.6) is 0 Å². The molecule has 2 aliphatic rings. The quantitative estimate of drug-likeness (QED) is 0.650. The summed E-state index contributed by atoms with van der Waals surface area (Å²) in [5, 5.41) is 0. The van der Waals surface area contributed by atoms with Crippen molar-refractivity contribution < 1.29 is 4.39 Å². The third-order valence-corrected chi connectivity index (χ3v) is 5.45. The van der Waals surface area contributed by atoms with E-state index in [1.807, 2.05) is 6.07 Å². The molecule has 4 atom stereocenters. The van der Waals surface area contributed by atoms with Crippen LogP contribution in [0.25, 0.3) is 0 Å². The fourth-order valence-corrected chi connectivity index (χ4v) is 4.41. The molecule has 19 heavy (non-hydrogen) atoms. The van der Waals surface area contributed by atoms with Gasteiger partial charge in [0.2, 0.25) is 0 Å². The molecule has 0 amide bonds. The number of fused-ring (bicyclic) bond motifs is 2. The highest BCUT2D eigenvalue weighted by Crippen LogP contribution is 2.51. The van der Waals surface area contributed by atoms with Crippen molar-refractivity contribution in [2.24, 2.45) is 23.6 Å². The van der Waals surface area contributed by atoms with E-state index in [4.69, 9.17) is 5.84 Å². The van der Waals surface area contributed by atoms with Crippen molar-refractivity contribution >= 4 is 15.9 Å². The molecule has 0 aromatic heterocycles. The Morgan fingerprint density at radius 2 is 2.21 bits per heavy atom. The Morgan fingerprint density at radius 1 is 1.37 bits per heavy atom. The second kappa shape index (κ2) is 5.51. The minimum absolute atomic E-state index is 0.0816. The first-order valence-corrected chi connectivity index (χ1v) is 7.87. The van der Waals surface area contributed by atoms with E-state index in [2.05, 4.69) is 21.4 Å². The van der Waals surface area contributed by atoms with Crippen LogP contribution < -0.4 is 11.3 Å². The molecule has 4 heteroatoms. The van der Waals surface area contributed by atoms with Gasteiger partial charge in [0.05, 0.1) is 0 Å². The van der Waals surface area contributed by atoms with Crippen LogP contribution in [0.2, 0.25) is 0 Å². The van der Waals surface area contributed by atoms with E-state index in [0.29, 0.717) is 11.5 Å². The van der Waals surface area contributed by atoms with Gasteiger partial charge in [-0.1, -0.05) is 22.4 Å². The summed E-state index contributed by atoms with van der Waals surface area (Å²) < 4.78 is 14.9. The third-order valence-electron chi connectivity index (χ3n) is 4.96. The first-order valence-electron chi connectivity index (χ1n) is 7.08. The minimum Gasteiger partial charge on any atom is -0.271 e. The minimum atomic E-state index is -0.172. The van der Waals surface area contributed by atoms with Crippen molar-refractivity contribution in [3.8, 4) is 0 Å². The summed E-state index contributed by atoms with van der Waals surface area (Å²) in [5.41, 5.74) is 3.49. The van der Waals surface area contributed by atoms with Crippen molar-refractivity contribution in [2.75, 3.05) is 0 Å². The predicted molar refractivity (Wildman–Crippen MR) is 77.7 cm³/mol. The molecule has 1 aromatic carbocycles.